The van der Waals surface area contributed by atoms with Crippen molar-refractivity contribution in [2.75, 3.05) is 5.32 Å². The zero-order chi connectivity index (χ0) is 11.5. The maximum atomic E-state index is 10.5. The second-order valence-corrected chi connectivity index (χ2v) is 4.43. The Morgan fingerprint density at radius 1 is 1.38 bits per heavy atom. The monoisotopic (exact) mass is 220 g/mol. The lowest BCUT2D eigenvalue weighted by Gasteiger charge is -2.32. The quantitative estimate of drug-likeness (QED) is 0.626. The molecule has 1 unspecified atom stereocenters. The summed E-state index contributed by atoms with van der Waals surface area (Å²) < 4.78 is 0. The molecule has 0 radical (unpaired) electrons. The lowest BCUT2D eigenvalue weighted by Crippen LogP contribution is -2.30. The third-order valence-corrected chi connectivity index (χ3v) is 3.33. The van der Waals surface area contributed by atoms with E-state index in [9.17, 15) is 10.1 Å². The van der Waals surface area contributed by atoms with Crippen molar-refractivity contribution in [3.63, 3.8) is 0 Å². The number of hydrogen-bond donors (Lipinski definition) is 1. The Bertz CT molecular complexity index is 371. The van der Waals surface area contributed by atoms with Crippen LogP contribution in [-0.2, 0) is 0 Å². The zero-order valence-corrected chi connectivity index (χ0v) is 9.35. The van der Waals surface area contributed by atoms with Crippen molar-refractivity contribution in [3.8, 4) is 0 Å². The molecule has 1 aliphatic carbocycles. The van der Waals surface area contributed by atoms with Crippen LogP contribution in [0.3, 0.4) is 0 Å². The molecule has 0 amide bonds. The predicted molar refractivity (Wildman–Crippen MR) is 63.5 cm³/mol. The summed E-state index contributed by atoms with van der Waals surface area (Å²) in [6.45, 7) is 2.17. The van der Waals surface area contributed by atoms with Gasteiger partial charge in [-0.3, -0.25) is 10.1 Å². The fourth-order valence-corrected chi connectivity index (χ4v) is 2.00. The maximum Gasteiger partial charge on any atom is 0.269 e. The van der Waals surface area contributed by atoms with Crippen LogP contribution in [0.1, 0.15) is 26.2 Å². The minimum atomic E-state index is -0.376. The van der Waals surface area contributed by atoms with E-state index in [1.165, 1.54) is 31.4 Å². The van der Waals surface area contributed by atoms with Crippen molar-refractivity contribution in [1.82, 2.24) is 0 Å². The van der Waals surface area contributed by atoms with Crippen LogP contribution in [0, 0.1) is 16.0 Å². The van der Waals surface area contributed by atoms with Crippen LogP contribution in [-0.4, -0.2) is 11.0 Å². The summed E-state index contributed by atoms with van der Waals surface area (Å²) in [6, 6.07) is 7.07. The van der Waals surface area contributed by atoms with E-state index >= 15 is 0 Å². The van der Waals surface area contributed by atoms with Crippen LogP contribution in [0.15, 0.2) is 24.3 Å². The van der Waals surface area contributed by atoms with Gasteiger partial charge < -0.3 is 5.32 Å². The second-order valence-electron chi connectivity index (χ2n) is 4.43. The van der Waals surface area contributed by atoms with Crippen LogP contribution >= 0.6 is 0 Å². The molecule has 2 rings (SSSR count). The second kappa shape index (κ2) is 4.51. The molecule has 0 spiro atoms. The van der Waals surface area contributed by atoms with Crippen molar-refractivity contribution in [2.24, 2.45) is 5.92 Å². The maximum absolute atomic E-state index is 10.5. The number of non-ortho nitro benzene ring substituents is 1. The Kier molecular flexibility index (Phi) is 3.08. The first-order chi connectivity index (χ1) is 7.66. The topological polar surface area (TPSA) is 55.2 Å². The van der Waals surface area contributed by atoms with Crippen molar-refractivity contribution >= 4 is 11.4 Å². The van der Waals surface area contributed by atoms with Crippen molar-refractivity contribution in [3.05, 3.63) is 34.4 Å². The highest BCUT2D eigenvalue weighted by Gasteiger charge is 2.23. The van der Waals surface area contributed by atoms with E-state index in [-0.39, 0.29) is 10.6 Å². The summed E-state index contributed by atoms with van der Waals surface area (Å²) in [5.41, 5.74) is 1.10. The number of anilines is 1. The summed E-state index contributed by atoms with van der Waals surface area (Å²) in [5, 5.41) is 13.9. The molecule has 0 bridgehead atoms. The van der Waals surface area contributed by atoms with E-state index < -0.39 is 0 Å². The van der Waals surface area contributed by atoms with Crippen LogP contribution in [0.25, 0.3) is 0 Å². The number of benzene rings is 1. The molecule has 16 heavy (non-hydrogen) atoms. The molecule has 4 nitrogen and oxygen atoms in total. The first-order valence-corrected chi connectivity index (χ1v) is 5.68. The van der Waals surface area contributed by atoms with Gasteiger partial charge in [0.2, 0.25) is 0 Å². The smallest absolute Gasteiger partial charge is 0.269 e. The van der Waals surface area contributed by atoms with Gasteiger partial charge in [-0.1, -0.05) is 6.42 Å². The van der Waals surface area contributed by atoms with Crippen LogP contribution in [0.5, 0.6) is 0 Å². The molecule has 1 aliphatic rings. The summed E-state index contributed by atoms with van der Waals surface area (Å²) >= 11 is 0. The highest BCUT2D eigenvalue weighted by atomic mass is 16.6. The Morgan fingerprint density at radius 3 is 2.44 bits per heavy atom. The minimum absolute atomic E-state index is 0.141. The van der Waals surface area contributed by atoms with Gasteiger partial charge in [-0.15, -0.1) is 0 Å². The molecule has 1 atom stereocenters. The van der Waals surface area contributed by atoms with Gasteiger partial charge in [0, 0.05) is 23.9 Å². The third-order valence-electron chi connectivity index (χ3n) is 3.33. The van der Waals surface area contributed by atoms with E-state index in [1.54, 1.807) is 12.1 Å². The van der Waals surface area contributed by atoms with E-state index in [0.717, 1.165) is 11.6 Å². The van der Waals surface area contributed by atoms with Crippen LogP contribution in [0.4, 0.5) is 11.4 Å². The van der Waals surface area contributed by atoms with Gasteiger partial charge in [-0.25, -0.2) is 0 Å². The number of nitrogens with zero attached hydrogens (tertiary/aromatic N) is 1. The summed E-state index contributed by atoms with van der Waals surface area (Å²) in [6.07, 6.45) is 3.92. The average Bonchev–Trinajstić information content (AvgIpc) is 2.15. The highest BCUT2D eigenvalue weighted by molar-refractivity contribution is 5.49. The largest absolute Gasteiger partial charge is 0.382 e. The standard InChI is InChI=1S/C12H16N2O2/c1-9(10-3-2-4-10)13-11-5-7-12(8-6-11)14(15)16/h5-10,13H,2-4H2,1H3. The molecule has 0 heterocycles. The summed E-state index contributed by atoms with van der Waals surface area (Å²) in [4.78, 5) is 10.1. The first-order valence-electron chi connectivity index (χ1n) is 5.68. The molecule has 1 N–H and O–H groups in total. The molecule has 1 aromatic rings. The van der Waals surface area contributed by atoms with Gasteiger partial charge in [0.1, 0.15) is 0 Å². The molecule has 86 valence electrons. The Hall–Kier alpha value is -1.58. The number of nitro groups is 1. The molecule has 0 aromatic heterocycles. The van der Waals surface area contributed by atoms with Crippen molar-refractivity contribution in [1.29, 1.82) is 0 Å². The Labute approximate surface area is 94.8 Å². The summed E-state index contributed by atoms with van der Waals surface area (Å²) in [5.74, 6) is 0.759. The fourth-order valence-electron chi connectivity index (χ4n) is 2.00. The lowest BCUT2D eigenvalue weighted by atomic mass is 9.80. The van der Waals surface area contributed by atoms with Crippen molar-refractivity contribution < 1.29 is 4.92 Å². The van der Waals surface area contributed by atoms with Crippen LogP contribution < -0.4 is 5.32 Å². The fraction of sp³-hybridized carbons (Fsp3) is 0.500. The van der Waals surface area contributed by atoms with Crippen molar-refractivity contribution in [2.45, 2.75) is 32.2 Å². The van der Waals surface area contributed by atoms with Gasteiger partial charge in [-0.05, 0) is 37.8 Å². The Morgan fingerprint density at radius 2 is 2.00 bits per heavy atom. The van der Waals surface area contributed by atoms with Gasteiger partial charge in [0.15, 0.2) is 0 Å². The summed E-state index contributed by atoms with van der Waals surface area (Å²) in [7, 11) is 0. The molecule has 1 fully saturated rings. The molecule has 4 heteroatoms. The van der Waals surface area contributed by atoms with Gasteiger partial charge >= 0.3 is 0 Å². The number of nitro benzene ring substituents is 1. The van der Waals surface area contributed by atoms with Gasteiger partial charge in [0.25, 0.3) is 5.69 Å². The number of rotatable bonds is 4. The first kappa shape index (κ1) is 10.9. The zero-order valence-electron chi connectivity index (χ0n) is 9.35. The molecule has 1 aromatic carbocycles. The number of nitrogens with one attached hydrogen (secondary N) is 1. The third kappa shape index (κ3) is 2.32. The normalized spacial score (nSPS) is 17.6. The predicted octanol–water partition coefficient (Wildman–Crippen LogP) is 3.20. The molecule has 0 saturated heterocycles. The van der Waals surface area contributed by atoms with Gasteiger partial charge in [-0.2, -0.15) is 0 Å². The average molecular weight is 220 g/mol. The highest BCUT2D eigenvalue weighted by Crippen LogP contribution is 2.31. The van der Waals surface area contributed by atoms with E-state index in [4.69, 9.17) is 0 Å². The molecular formula is C12H16N2O2. The minimum Gasteiger partial charge on any atom is -0.382 e. The number of hydrogen-bond acceptors (Lipinski definition) is 3. The van der Waals surface area contributed by atoms with Crippen LogP contribution in [0.2, 0.25) is 0 Å². The van der Waals surface area contributed by atoms with E-state index in [0.29, 0.717) is 6.04 Å². The molecule has 0 aliphatic heterocycles. The molecule has 1 saturated carbocycles. The Balaban J connectivity index is 1.96. The SMILES string of the molecule is CC(Nc1ccc([N+](=O)[O-])cc1)C1CCC1. The van der Waals surface area contributed by atoms with E-state index in [2.05, 4.69) is 12.2 Å². The molecular weight excluding hydrogens is 204 g/mol. The van der Waals surface area contributed by atoms with Gasteiger partial charge in [0.05, 0.1) is 4.92 Å². The lowest BCUT2D eigenvalue weighted by molar-refractivity contribution is -0.384. The van der Waals surface area contributed by atoms with E-state index in [1.807, 2.05) is 0 Å².